The van der Waals surface area contributed by atoms with Crippen molar-refractivity contribution >= 4 is 15.7 Å². The van der Waals surface area contributed by atoms with E-state index in [0.717, 1.165) is 6.54 Å². The molecule has 0 heterocycles. The number of benzene rings is 1. The molecule has 0 aliphatic rings. The van der Waals surface area contributed by atoms with Gasteiger partial charge < -0.3 is 10.6 Å². The molecule has 0 aliphatic carbocycles. The number of nitrogens with zero attached hydrogens (tertiary/aromatic N) is 1. The molecule has 6 heteroatoms. The maximum absolute atomic E-state index is 12.4. The van der Waals surface area contributed by atoms with Crippen molar-refractivity contribution < 1.29 is 8.42 Å². The van der Waals surface area contributed by atoms with Crippen molar-refractivity contribution in [3.05, 3.63) is 23.8 Å². The largest absolute Gasteiger partial charge is 0.399 e. The highest BCUT2D eigenvalue weighted by atomic mass is 32.2. The van der Waals surface area contributed by atoms with E-state index in [1.807, 2.05) is 32.8 Å². The lowest BCUT2D eigenvalue weighted by Crippen LogP contribution is -2.40. The van der Waals surface area contributed by atoms with Crippen molar-refractivity contribution in [3.63, 3.8) is 0 Å². The highest BCUT2D eigenvalue weighted by Gasteiger charge is 2.24. The molecule has 0 atom stereocenters. The topological polar surface area (TPSA) is 75.4 Å². The number of nitrogens with two attached hydrogens (primary N) is 1. The predicted octanol–water partition coefficient (Wildman–Crippen LogP) is 1.44. The second-order valence-corrected chi connectivity index (χ2v) is 7.99. The fourth-order valence-electron chi connectivity index (χ4n) is 2.19. The third-order valence-corrected chi connectivity index (χ3v) is 4.53. The minimum atomic E-state index is -3.53. The minimum Gasteiger partial charge on any atom is -0.399 e. The number of aryl methyl sites for hydroxylation is 1. The number of nitrogens with one attached hydrogen (secondary N) is 1. The van der Waals surface area contributed by atoms with Crippen LogP contribution in [0.1, 0.15) is 19.4 Å². The molecule has 0 bridgehead atoms. The Labute approximate surface area is 122 Å². The Balaban J connectivity index is 2.88. The van der Waals surface area contributed by atoms with Gasteiger partial charge in [-0.1, -0.05) is 19.9 Å². The van der Waals surface area contributed by atoms with Crippen LogP contribution in [0, 0.1) is 12.3 Å². The molecule has 20 heavy (non-hydrogen) atoms. The summed E-state index contributed by atoms with van der Waals surface area (Å²) < 4.78 is 27.4. The lowest BCUT2D eigenvalue weighted by molar-refractivity contribution is 0.242. The van der Waals surface area contributed by atoms with Crippen molar-refractivity contribution in [1.29, 1.82) is 0 Å². The van der Waals surface area contributed by atoms with E-state index in [4.69, 9.17) is 5.73 Å². The zero-order valence-corrected chi connectivity index (χ0v) is 13.7. The van der Waals surface area contributed by atoms with Crippen LogP contribution in [0.25, 0.3) is 0 Å². The minimum absolute atomic E-state index is 0.148. The molecule has 114 valence electrons. The van der Waals surface area contributed by atoms with Crippen molar-refractivity contribution in [3.8, 4) is 0 Å². The number of hydrogen-bond acceptors (Lipinski definition) is 4. The Kier molecular flexibility index (Phi) is 5.18. The van der Waals surface area contributed by atoms with Crippen LogP contribution in [-0.2, 0) is 10.0 Å². The third-order valence-electron chi connectivity index (χ3n) is 2.99. The summed E-state index contributed by atoms with van der Waals surface area (Å²) in [5.41, 5.74) is 6.66. The van der Waals surface area contributed by atoms with Crippen molar-refractivity contribution in [1.82, 2.24) is 9.62 Å². The van der Waals surface area contributed by atoms with Gasteiger partial charge in [-0.3, -0.25) is 0 Å². The molecule has 0 unspecified atom stereocenters. The van der Waals surface area contributed by atoms with Gasteiger partial charge in [0.25, 0.3) is 0 Å². The van der Waals surface area contributed by atoms with E-state index < -0.39 is 10.0 Å². The molecule has 1 aromatic carbocycles. The second-order valence-electron chi connectivity index (χ2n) is 6.25. The SMILES string of the molecule is Cc1ccc(N)cc1S(=O)(=O)NCC(C)(C)CN(C)C. The number of rotatable bonds is 6. The maximum atomic E-state index is 12.4. The summed E-state index contributed by atoms with van der Waals surface area (Å²) in [7, 11) is 0.410. The molecule has 0 aliphatic heterocycles. The lowest BCUT2D eigenvalue weighted by atomic mass is 9.93. The van der Waals surface area contributed by atoms with E-state index in [-0.39, 0.29) is 10.3 Å². The van der Waals surface area contributed by atoms with E-state index in [1.165, 1.54) is 6.07 Å². The van der Waals surface area contributed by atoms with Gasteiger partial charge >= 0.3 is 0 Å². The van der Waals surface area contributed by atoms with Crippen LogP contribution in [0.3, 0.4) is 0 Å². The highest BCUT2D eigenvalue weighted by Crippen LogP contribution is 2.20. The average Bonchev–Trinajstić information content (AvgIpc) is 2.28. The summed E-state index contributed by atoms with van der Waals surface area (Å²) in [6, 6.07) is 4.91. The van der Waals surface area contributed by atoms with Crippen molar-refractivity contribution in [2.24, 2.45) is 5.41 Å². The van der Waals surface area contributed by atoms with Crippen LogP contribution in [0.2, 0.25) is 0 Å². The van der Waals surface area contributed by atoms with Gasteiger partial charge in [-0.2, -0.15) is 0 Å². The average molecular weight is 299 g/mol. The first kappa shape index (κ1) is 16.9. The van der Waals surface area contributed by atoms with Gasteiger partial charge in [0.2, 0.25) is 10.0 Å². The van der Waals surface area contributed by atoms with E-state index in [2.05, 4.69) is 4.72 Å². The number of sulfonamides is 1. The van der Waals surface area contributed by atoms with E-state index in [1.54, 1.807) is 19.1 Å². The summed E-state index contributed by atoms with van der Waals surface area (Å²) in [6.45, 7) is 7.00. The third kappa shape index (κ3) is 4.77. The predicted molar refractivity (Wildman–Crippen MR) is 83.1 cm³/mol. The van der Waals surface area contributed by atoms with Crippen LogP contribution in [-0.4, -0.2) is 40.5 Å². The van der Waals surface area contributed by atoms with E-state index in [0.29, 0.717) is 17.8 Å². The summed E-state index contributed by atoms with van der Waals surface area (Å²) >= 11 is 0. The fourth-order valence-corrected chi connectivity index (χ4v) is 3.71. The molecular formula is C14H25N3O2S. The lowest BCUT2D eigenvalue weighted by Gasteiger charge is -2.28. The molecule has 0 saturated carbocycles. The van der Waals surface area contributed by atoms with Gasteiger partial charge in [-0.25, -0.2) is 13.1 Å². The fraction of sp³-hybridized carbons (Fsp3) is 0.571. The zero-order chi connectivity index (χ0) is 15.6. The van der Waals surface area contributed by atoms with Gasteiger partial charge in [-0.05, 0) is 44.1 Å². The van der Waals surface area contributed by atoms with Crippen molar-refractivity contribution in [2.75, 3.05) is 32.9 Å². The molecule has 0 radical (unpaired) electrons. The Morgan fingerprint density at radius 2 is 1.90 bits per heavy atom. The molecule has 0 amide bonds. The van der Waals surface area contributed by atoms with Gasteiger partial charge in [0, 0.05) is 18.8 Å². The number of nitrogen functional groups attached to an aromatic ring is 1. The molecule has 1 rings (SSSR count). The Bertz CT molecular complexity index is 566. The Morgan fingerprint density at radius 3 is 2.45 bits per heavy atom. The zero-order valence-electron chi connectivity index (χ0n) is 12.9. The summed E-state index contributed by atoms with van der Waals surface area (Å²) in [5.74, 6) is 0. The smallest absolute Gasteiger partial charge is 0.240 e. The highest BCUT2D eigenvalue weighted by molar-refractivity contribution is 7.89. The Morgan fingerprint density at radius 1 is 1.30 bits per heavy atom. The van der Waals surface area contributed by atoms with Crippen LogP contribution in [0.4, 0.5) is 5.69 Å². The molecule has 0 aromatic heterocycles. The summed E-state index contributed by atoms with van der Waals surface area (Å²) in [4.78, 5) is 2.29. The molecule has 0 fully saturated rings. The van der Waals surface area contributed by atoms with Gasteiger partial charge in [-0.15, -0.1) is 0 Å². The van der Waals surface area contributed by atoms with Gasteiger partial charge in [0.05, 0.1) is 4.90 Å². The molecule has 0 spiro atoms. The first-order valence-electron chi connectivity index (χ1n) is 6.54. The van der Waals surface area contributed by atoms with Gasteiger partial charge in [0.15, 0.2) is 0 Å². The van der Waals surface area contributed by atoms with Crippen LogP contribution in [0.15, 0.2) is 23.1 Å². The second kappa shape index (κ2) is 6.11. The van der Waals surface area contributed by atoms with Crippen LogP contribution >= 0.6 is 0 Å². The quantitative estimate of drug-likeness (QED) is 0.780. The first-order chi connectivity index (χ1) is 9.03. The molecule has 5 nitrogen and oxygen atoms in total. The van der Waals surface area contributed by atoms with Crippen LogP contribution < -0.4 is 10.5 Å². The van der Waals surface area contributed by atoms with Gasteiger partial charge in [0.1, 0.15) is 0 Å². The van der Waals surface area contributed by atoms with E-state index >= 15 is 0 Å². The first-order valence-corrected chi connectivity index (χ1v) is 8.02. The maximum Gasteiger partial charge on any atom is 0.240 e. The molecule has 1 aromatic rings. The molecule has 0 saturated heterocycles. The summed E-state index contributed by atoms with van der Waals surface area (Å²) in [6.07, 6.45) is 0. The number of hydrogen-bond donors (Lipinski definition) is 2. The molecular weight excluding hydrogens is 274 g/mol. The van der Waals surface area contributed by atoms with Crippen molar-refractivity contribution in [2.45, 2.75) is 25.7 Å². The number of anilines is 1. The standard InChI is InChI=1S/C14H25N3O2S/c1-11-6-7-12(15)8-13(11)20(18,19)16-9-14(2,3)10-17(4)5/h6-8,16H,9-10,15H2,1-5H3. The molecule has 3 N–H and O–H groups in total. The normalized spacial score (nSPS) is 12.9. The van der Waals surface area contributed by atoms with Crippen LogP contribution in [0.5, 0.6) is 0 Å². The van der Waals surface area contributed by atoms with E-state index in [9.17, 15) is 8.42 Å². The monoisotopic (exact) mass is 299 g/mol. The Hall–Kier alpha value is -1.11. The summed E-state index contributed by atoms with van der Waals surface area (Å²) in [5, 5.41) is 0.